The summed E-state index contributed by atoms with van der Waals surface area (Å²) in [5.74, 6) is 0.346. The molecular weight excluding hydrogens is 385 g/mol. The normalized spacial score (nSPS) is 20.0. The molecule has 1 atom stereocenters. The van der Waals surface area contributed by atoms with E-state index in [0.717, 1.165) is 43.6 Å². The third-order valence-electron chi connectivity index (χ3n) is 5.92. The van der Waals surface area contributed by atoms with Crippen molar-refractivity contribution in [3.05, 3.63) is 59.7 Å². The Morgan fingerprint density at radius 1 is 1.17 bits per heavy atom. The zero-order chi connectivity index (χ0) is 20.5. The second-order valence-electron chi connectivity index (χ2n) is 7.87. The SMILES string of the molecule is O=C(NC1CCOCC1)c1cnc2ccc(N3CCCC3c3cccc(F)c3)nn12. The monoisotopic (exact) mass is 409 g/mol. The molecule has 0 bridgehead atoms. The van der Waals surface area contributed by atoms with Gasteiger partial charge in [-0.2, -0.15) is 0 Å². The molecule has 156 valence electrons. The fraction of sp³-hybridized carbons (Fsp3) is 0.409. The van der Waals surface area contributed by atoms with Gasteiger partial charge in [0.2, 0.25) is 0 Å². The second kappa shape index (κ2) is 8.02. The Hall–Kier alpha value is -3.00. The minimum Gasteiger partial charge on any atom is -0.381 e. The van der Waals surface area contributed by atoms with Crippen molar-refractivity contribution >= 4 is 17.4 Å². The topological polar surface area (TPSA) is 71.8 Å². The molecule has 0 aliphatic carbocycles. The zero-order valence-electron chi connectivity index (χ0n) is 16.6. The van der Waals surface area contributed by atoms with E-state index < -0.39 is 0 Å². The molecule has 7 nitrogen and oxygen atoms in total. The van der Waals surface area contributed by atoms with Crippen molar-refractivity contribution in [3.8, 4) is 0 Å². The van der Waals surface area contributed by atoms with Crippen LogP contribution in [-0.4, -0.2) is 46.3 Å². The van der Waals surface area contributed by atoms with E-state index in [0.29, 0.717) is 24.6 Å². The van der Waals surface area contributed by atoms with Crippen molar-refractivity contribution in [2.45, 2.75) is 37.8 Å². The van der Waals surface area contributed by atoms with Crippen LogP contribution >= 0.6 is 0 Å². The van der Waals surface area contributed by atoms with E-state index in [9.17, 15) is 9.18 Å². The fourth-order valence-corrected chi connectivity index (χ4v) is 4.37. The van der Waals surface area contributed by atoms with Gasteiger partial charge in [-0.05, 0) is 55.5 Å². The maximum atomic E-state index is 13.8. The van der Waals surface area contributed by atoms with Crippen LogP contribution in [0.15, 0.2) is 42.6 Å². The number of rotatable bonds is 4. The van der Waals surface area contributed by atoms with E-state index in [4.69, 9.17) is 9.84 Å². The van der Waals surface area contributed by atoms with E-state index in [2.05, 4.69) is 15.2 Å². The molecule has 3 aromatic rings. The Labute approximate surface area is 173 Å². The first-order valence-corrected chi connectivity index (χ1v) is 10.4. The number of nitrogens with zero attached hydrogens (tertiary/aromatic N) is 4. The molecule has 0 spiro atoms. The largest absolute Gasteiger partial charge is 0.381 e. The lowest BCUT2D eigenvalue weighted by atomic mass is 10.0. The van der Waals surface area contributed by atoms with Crippen LogP contribution in [0.2, 0.25) is 0 Å². The standard InChI is InChI=1S/C22H24FN5O2/c23-16-4-1-3-15(13-16)18-5-2-10-27(18)21-7-6-20-24-14-19(28(20)26-21)22(29)25-17-8-11-30-12-9-17/h1,3-4,6-7,13-14,17-18H,2,5,8-12H2,(H,25,29). The smallest absolute Gasteiger partial charge is 0.271 e. The van der Waals surface area contributed by atoms with Crippen LogP contribution < -0.4 is 10.2 Å². The minimum atomic E-state index is -0.232. The molecule has 8 heteroatoms. The predicted molar refractivity (Wildman–Crippen MR) is 110 cm³/mol. The number of fused-ring (bicyclic) bond motifs is 1. The van der Waals surface area contributed by atoms with Crippen LogP contribution in [0, 0.1) is 5.82 Å². The molecule has 0 radical (unpaired) electrons. The number of hydrogen-bond acceptors (Lipinski definition) is 5. The Kier molecular flexibility index (Phi) is 5.08. The van der Waals surface area contributed by atoms with E-state index in [1.165, 1.54) is 6.07 Å². The van der Waals surface area contributed by atoms with Crippen molar-refractivity contribution in [3.63, 3.8) is 0 Å². The molecule has 1 unspecified atom stereocenters. The van der Waals surface area contributed by atoms with Gasteiger partial charge in [-0.25, -0.2) is 13.9 Å². The minimum absolute atomic E-state index is 0.0636. The number of ether oxygens (including phenoxy) is 1. The van der Waals surface area contributed by atoms with Crippen LogP contribution in [0.1, 0.15) is 47.8 Å². The fourth-order valence-electron chi connectivity index (χ4n) is 4.37. The van der Waals surface area contributed by atoms with Gasteiger partial charge in [0.1, 0.15) is 11.6 Å². The van der Waals surface area contributed by atoms with Gasteiger partial charge in [-0.1, -0.05) is 12.1 Å². The Morgan fingerprint density at radius 3 is 2.87 bits per heavy atom. The highest BCUT2D eigenvalue weighted by Gasteiger charge is 2.28. The third-order valence-corrected chi connectivity index (χ3v) is 5.92. The van der Waals surface area contributed by atoms with Crippen LogP contribution in [0.4, 0.5) is 10.2 Å². The van der Waals surface area contributed by atoms with E-state index in [1.54, 1.807) is 22.8 Å². The number of imidazole rings is 1. The van der Waals surface area contributed by atoms with Crippen molar-refractivity contribution in [2.75, 3.05) is 24.7 Å². The number of nitrogens with one attached hydrogen (secondary N) is 1. The van der Waals surface area contributed by atoms with Gasteiger partial charge in [-0.15, -0.1) is 5.10 Å². The second-order valence-corrected chi connectivity index (χ2v) is 7.87. The molecule has 1 aromatic carbocycles. The number of hydrogen-bond donors (Lipinski definition) is 1. The lowest BCUT2D eigenvalue weighted by Crippen LogP contribution is -2.39. The van der Waals surface area contributed by atoms with Crippen LogP contribution in [0.25, 0.3) is 5.65 Å². The summed E-state index contributed by atoms with van der Waals surface area (Å²) in [6.45, 7) is 2.16. The van der Waals surface area contributed by atoms with Crippen molar-refractivity contribution < 1.29 is 13.9 Å². The lowest BCUT2D eigenvalue weighted by molar-refractivity contribution is 0.0693. The molecule has 4 heterocycles. The summed E-state index contributed by atoms with van der Waals surface area (Å²) in [7, 11) is 0. The first-order valence-electron chi connectivity index (χ1n) is 10.4. The van der Waals surface area contributed by atoms with Crippen molar-refractivity contribution in [1.82, 2.24) is 19.9 Å². The number of carbonyl (C=O) groups excluding carboxylic acids is 1. The van der Waals surface area contributed by atoms with E-state index >= 15 is 0 Å². The number of benzene rings is 1. The molecule has 30 heavy (non-hydrogen) atoms. The first-order chi connectivity index (χ1) is 14.7. The van der Waals surface area contributed by atoms with Gasteiger partial charge in [0.25, 0.3) is 5.91 Å². The summed E-state index contributed by atoms with van der Waals surface area (Å²) in [5, 5.41) is 7.80. The summed E-state index contributed by atoms with van der Waals surface area (Å²) in [4.78, 5) is 19.3. The molecule has 2 aliphatic rings. The molecule has 2 aromatic heterocycles. The quantitative estimate of drug-likeness (QED) is 0.717. The molecular formula is C22H24FN5O2. The van der Waals surface area contributed by atoms with E-state index in [1.807, 2.05) is 18.2 Å². The predicted octanol–water partition coefficient (Wildman–Crippen LogP) is 3.12. The van der Waals surface area contributed by atoms with Gasteiger partial charge in [0.15, 0.2) is 11.3 Å². The average Bonchev–Trinajstić information content (AvgIpc) is 3.41. The highest BCUT2D eigenvalue weighted by atomic mass is 19.1. The third kappa shape index (κ3) is 3.63. The maximum Gasteiger partial charge on any atom is 0.271 e. The van der Waals surface area contributed by atoms with Gasteiger partial charge in [0.05, 0.1) is 12.2 Å². The summed E-state index contributed by atoms with van der Waals surface area (Å²) >= 11 is 0. The number of anilines is 1. The van der Waals surface area contributed by atoms with Gasteiger partial charge in [0, 0.05) is 25.8 Å². The molecule has 2 aliphatic heterocycles. The van der Waals surface area contributed by atoms with Gasteiger partial charge >= 0.3 is 0 Å². The van der Waals surface area contributed by atoms with E-state index in [-0.39, 0.29) is 23.8 Å². The lowest BCUT2D eigenvalue weighted by Gasteiger charge is -2.26. The highest BCUT2D eigenvalue weighted by molar-refractivity contribution is 5.93. The Balaban J connectivity index is 1.43. The summed E-state index contributed by atoms with van der Waals surface area (Å²) < 4.78 is 20.7. The molecule has 1 amide bonds. The molecule has 2 saturated heterocycles. The van der Waals surface area contributed by atoms with Crippen LogP contribution in [0.5, 0.6) is 0 Å². The van der Waals surface area contributed by atoms with Gasteiger partial charge in [-0.3, -0.25) is 4.79 Å². The highest BCUT2D eigenvalue weighted by Crippen LogP contribution is 2.35. The van der Waals surface area contributed by atoms with Crippen molar-refractivity contribution in [1.29, 1.82) is 0 Å². The first kappa shape index (κ1) is 19.0. The zero-order valence-corrected chi connectivity index (χ0v) is 16.6. The Bertz CT molecular complexity index is 1060. The maximum absolute atomic E-state index is 13.8. The molecule has 2 fully saturated rings. The number of amides is 1. The number of halogens is 1. The summed E-state index contributed by atoms with van der Waals surface area (Å²) in [5.41, 5.74) is 1.98. The average molecular weight is 409 g/mol. The molecule has 1 N–H and O–H groups in total. The molecule has 0 saturated carbocycles. The Morgan fingerprint density at radius 2 is 2.03 bits per heavy atom. The number of aromatic nitrogens is 3. The van der Waals surface area contributed by atoms with Gasteiger partial charge < -0.3 is 15.0 Å². The van der Waals surface area contributed by atoms with Crippen LogP contribution in [-0.2, 0) is 4.74 Å². The summed E-state index contributed by atoms with van der Waals surface area (Å²) in [6.07, 6.45) is 5.12. The van der Waals surface area contributed by atoms with Crippen molar-refractivity contribution in [2.24, 2.45) is 0 Å². The summed E-state index contributed by atoms with van der Waals surface area (Å²) in [6, 6.07) is 10.7. The molecule has 5 rings (SSSR count). The number of carbonyl (C=O) groups is 1. The van der Waals surface area contributed by atoms with Crippen LogP contribution in [0.3, 0.4) is 0 Å².